The molecule has 8 heteroatoms. The van der Waals surface area contributed by atoms with Crippen molar-refractivity contribution in [3.05, 3.63) is 23.8 Å². The summed E-state index contributed by atoms with van der Waals surface area (Å²) >= 11 is 0. The number of aliphatic hydroxyl groups excluding tert-OH is 1. The zero-order valence-electron chi connectivity index (χ0n) is 12.2. The maximum atomic E-state index is 13.8. The van der Waals surface area contributed by atoms with Gasteiger partial charge in [-0.2, -0.15) is 9.50 Å². The number of aryl methyl sites for hydroxylation is 1. The van der Waals surface area contributed by atoms with E-state index in [1.54, 1.807) is 4.52 Å². The first kappa shape index (κ1) is 14.5. The van der Waals surface area contributed by atoms with Gasteiger partial charge in [-0.3, -0.25) is 0 Å². The van der Waals surface area contributed by atoms with Crippen molar-refractivity contribution in [3.8, 4) is 0 Å². The Kier molecular flexibility index (Phi) is 3.76. The molecule has 0 aliphatic carbocycles. The quantitative estimate of drug-likeness (QED) is 0.658. The molecule has 0 saturated carbocycles. The van der Waals surface area contributed by atoms with Crippen LogP contribution in [0.5, 0.6) is 0 Å². The summed E-state index contributed by atoms with van der Waals surface area (Å²) < 4.78 is 15.4. The van der Waals surface area contributed by atoms with Crippen LogP contribution in [0, 0.1) is 5.82 Å². The van der Waals surface area contributed by atoms with Gasteiger partial charge in [-0.1, -0.05) is 6.92 Å². The van der Waals surface area contributed by atoms with Crippen molar-refractivity contribution in [1.29, 1.82) is 0 Å². The summed E-state index contributed by atoms with van der Waals surface area (Å²) in [5.41, 5.74) is 7.26. The van der Waals surface area contributed by atoms with Crippen LogP contribution in [0.3, 0.4) is 0 Å². The van der Waals surface area contributed by atoms with Crippen LogP contribution < -0.4 is 11.1 Å². The molecule has 0 unspecified atom stereocenters. The highest BCUT2D eigenvalue weighted by molar-refractivity contribution is 6.01. The van der Waals surface area contributed by atoms with Gasteiger partial charge in [0.1, 0.15) is 11.6 Å². The zero-order chi connectivity index (χ0) is 15.7. The van der Waals surface area contributed by atoms with E-state index in [-0.39, 0.29) is 12.6 Å². The van der Waals surface area contributed by atoms with Gasteiger partial charge in [-0.05, 0) is 12.5 Å². The van der Waals surface area contributed by atoms with Crippen LogP contribution in [0.1, 0.15) is 19.2 Å². The second-order valence-electron chi connectivity index (χ2n) is 4.98. The van der Waals surface area contributed by atoms with Crippen molar-refractivity contribution in [3.63, 3.8) is 0 Å². The van der Waals surface area contributed by atoms with E-state index >= 15 is 0 Å². The number of nitrogen functional groups attached to an aromatic ring is 1. The van der Waals surface area contributed by atoms with E-state index < -0.39 is 5.82 Å². The fourth-order valence-electron chi connectivity index (χ4n) is 2.49. The first-order chi connectivity index (χ1) is 10.6. The molecule has 0 aliphatic heterocycles. The van der Waals surface area contributed by atoms with Crippen LogP contribution in [0.2, 0.25) is 0 Å². The Morgan fingerprint density at radius 2 is 2.18 bits per heavy atom. The van der Waals surface area contributed by atoms with Gasteiger partial charge in [-0.25, -0.2) is 9.37 Å². The van der Waals surface area contributed by atoms with E-state index in [1.807, 2.05) is 6.92 Å². The maximum absolute atomic E-state index is 13.8. The minimum Gasteiger partial charge on any atom is -0.395 e. The van der Waals surface area contributed by atoms with Gasteiger partial charge >= 0.3 is 0 Å². The first-order valence-electron chi connectivity index (χ1n) is 7.13. The number of nitrogens with zero attached hydrogens (tertiary/aromatic N) is 4. The van der Waals surface area contributed by atoms with E-state index in [0.717, 1.165) is 6.42 Å². The van der Waals surface area contributed by atoms with Gasteiger partial charge in [-0.15, -0.1) is 5.10 Å². The molecule has 2 aromatic heterocycles. The SMILES string of the molecule is CCCc1nc2cc(F)cc(NCCO)c2c2nc(N)nn12. The standard InChI is InChI=1S/C14H17FN6O/c1-2-3-11-18-10-7-8(15)6-9(17-4-5-22)12(10)13-19-14(16)20-21(11)13/h6-7,17,22H,2-5H2,1H3,(H2,16,20). The molecule has 0 bridgehead atoms. The van der Waals surface area contributed by atoms with Crippen molar-refractivity contribution in [2.24, 2.45) is 0 Å². The third-order valence-electron chi connectivity index (χ3n) is 3.32. The molecular formula is C14H17FN6O. The lowest BCUT2D eigenvalue weighted by atomic mass is 10.1. The van der Waals surface area contributed by atoms with E-state index in [4.69, 9.17) is 10.8 Å². The molecule has 22 heavy (non-hydrogen) atoms. The number of hydrogen-bond acceptors (Lipinski definition) is 6. The molecule has 0 saturated heterocycles. The molecule has 0 fully saturated rings. The monoisotopic (exact) mass is 304 g/mol. The summed E-state index contributed by atoms with van der Waals surface area (Å²) in [5, 5.41) is 16.8. The van der Waals surface area contributed by atoms with Crippen molar-refractivity contribution in [2.45, 2.75) is 19.8 Å². The Hall–Kier alpha value is -2.48. The van der Waals surface area contributed by atoms with Crippen LogP contribution >= 0.6 is 0 Å². The van der Waals surface area contributed by atoms with Gasteiger partial charge in [0.25, 0.3) is 0 Å². The summed E-state index contributed by atoms with van der Waals surface area (Å²) in [6, 6.07) is 2.72. The molecule has 0 aliphatic rings. The molecule has 0 amide bonds. The molecule has 7 nitrogen and oxygen atoms in total. The Morgan fingerprint density at radius 1 is 1.36 bits per heavy atom. The zero-order valence-corrected chi connectivity index (χ0v) is 12.2. The number of nitrogens with two attached hydrogens (primary N) is 1. The van der Waals surface area contributed by atoms with Crippen LogP contribution in [0.25, 0.3) is 16.6 Å². The van der Waals surface area contributed by atoms with E-state index in [0.29, 0.717) is 41.0 Å². The number of anilines is 2. The number of aromatic nitrogens is 4. The lowest BCUT2D eigenvalue weighted by Gasteiger charge is -2.11. The molecule has 3 rings (SSSR count). The summed E-state index contributed by atoms with van der Waals surface area (Å²) in [7, 11) is 0. The largest absolute Gasteiger partial charge is 0.395 e. The summed E-state index contributed by atoms with van der Waals surface area (Å²) in [6.45, 7) is 2.26. The highest BCUT2D eigenvalue weighted by Crippen LogP contribution is 2.28. The molecule has 3 aromatic rings. The van der Waals surface area contributed by atoms with Crippen molar-refractivity contribution >= 4 is 28.2 Å². The number of halogens is 1. The van der Waals surface area contributed by atoms with Crippen LogP contribution in [0.15, 0.2) is 12.1 Å². The summed E-state index contributed by atoms with van der Waals surface area (Å²) in [4.78, 5) is 8.75. The highest BCUT2D eigenvalue weighted by Gasteiger charge is 2.16. The minimum absolute atomic E-state index is 0.0650. The summed E-state index contributed by atoms with van der Waals surface area (Å²) in [6.07, 6.45) is 1.56. The number of benzene rings is 1. The smallest absolute Gasteiger partial charge is 0.240 e. The Morgan fingerprint density at radius 3 is 2.91 bits per heavy atom. The molecule has 0 atom stereocenters. The second-order valence-corrected chi connectivity index (χ2v) is 4.98. The van der Waals surface area contributed by atoms with E-state index in [2.05, 4.69) is 20.4 Å². The molecule has 1 aromatic carbocycles. The predicted molar refractivity (Wildman–Crippen MR) is 82.2 cm³/mol. The molecule has 116 valence electrons. The normalized spacial score (nSPS) is 11.4. The Balaban J connectivity index is 2.35. The molecule has 4 N–H and O–H groups in total. The van der Waals surface area contributed by atoms with Crippen molar-refractivity contribution in [2.75, 3.05) is 24.2 Å². The third kappa shape index (κ3) is 2.41. The molecule has 2 heterocycles. The number of rotatable bonds is 5. The predicted octanol–water partition coefficient (Wildman–Crippen LogP) is 1.36. The van der Waals surface area contributed by atoms with Crippen LogP contribution in [-0.4, -0.2) is 37.8 Å². The fourth-order valence-corrected chi connectivity index (χ4v) is 2.49. The van der Waals surface area contributed by atoms with Crippen LogP contribution in [-0.2, 0) is 6.42 Å². The van der Waals surface area contributed by atoms with Crippen molar-refractivity contribution < 1.29 is 9.50 Å². The Bertz CT molecular complexity index is 831. The third-order valence-corrected chi connectivity index (χ3v) is 3.32. The maximum Gasteiger partial charge on any atom is 0.240 e. The lowest BCUT2D eigenvalue weighted by Crippen LogP contribution is -2.09. The van der Waals surface area contributed by atoms with Crippen molar-refractivity contribution in [1.82, 2.24) is 19.6 Å². The minimum atomic E-state index is -0.403. The van der Waals surface area contributed by atoms with Gasteiger partial charge in [0.05, 0.1) is 23.2 Å². The summed E-state index contributed by atoms with van der Waals surface area (Å²) in [5.74, 6) is 0.428. The Labute approximate surface area is 126 Å². The van der Waals surface area contributed by atoms with Gasteiger partial charge in [0.2, 0.25) is 5.95 Å². The van der Waals surface area contributed by atoms with E-state index in [1.165, 1.54) is 12.1 Å². The molecule has 0 spiro atoms. The average Bonchev–Trinajstić information content (AvgIpc) is 2.86. The number of fused-ring (bicyclic) bond motifs is 3. The van der Waals surface area contributed by atoms with Gasteiger partial charge < -0.3 is 16.2 Å². The topological polar surface area (TPSA) is 101 Å². The number of hydrogen-bond donors (Lipinski definition) is 3. The molecule has 0 radical (unpaired) electrons. The second kappa shape index (κ2) is 5.72. The fraction of sp³-hybridized carbons (Fsp3) is 0.357. The van der Waals surface area contributed by atoms with E-state index in [9.17, 15) is 4.39 Å². The number of aliphatic hydroxyl groups is 1. The van der Waals surface area contributed by atoms with Gasteiger partial charge in [0.15, 0.2) is 5.65 Å². The first-order valence-corrected chi connectivity index (χ1v) is 7.13. The molecular weight excluding hydrogens is 287 g/mol. The lowest BCUT2D eigenvalue weighted by molar-refractivity contribution is 0.311. The number of nitrogens with one attached hydrogen (secondary N) is 1. The highest BCUT2D eigenvalue weighted by atomic mass is 19.1. The average molecular weight is 304 g/mol. The van der Waals surface area contributed by atoms with Crippen LogP contribution in [0.4, 0.5) is 16.0 Å². The van der Waals surface area contributed by atoms with Gasteiger partial charge in [0, 0.05) is 19.0 Å².